The Hall–Kier alpha value is -4.28. The predicted octanol–water partition coefficient (Wildman–Crippen LogP) is 6.45. The number of anilines is 2. The Morgan fingerprint density at radius 2 is 0.985 bits per heavy atom. The number of hydrogen-bond acceptors (Lipinski definition) is 16. The number of hydrogen-bond donors (Lipinski definition) is 4. The number of carbonyl (C=O) groups excluding carboxylic acids is 6. The van der Waals surface area contributed by atoms with Crippen molar-refractivity contribution in [1.29, 1.82) is 0 Å². The Morgan fingerprint density at radius 3 is 1.30 bits per heavy atom. The summed E-state index contributed by atoms with van der Waals surface area (Å²) >= 11 is 34.5. The molecule has 4 N–H and O–H groups in total. The van der Waals surface area contributed by atoms with Crippen LogP contribution in [0.1, 0.15) is 66.7 Å². The number of nitrogens with zero attached hydrogens (tertiary/aromatic N) is 2. The van der Waals surface area contributed by atoms with E-state index in [0.29, 0.717) is 19.3 Å². The summed E-state index contributed by atoms with van der Waals surface area (Å²) in [7, 11) is 2.70. The smallest absolute Gasteiger partial charge is 0.411 e. The standard InChI is InChI=1S/C41H50Cl6N4O16/c1-22(54)66-26-10-24(18-52)50(16-26)36(56)28-12-32(60-3)34(14-30(28)48-38(58)64-20-40(42,43)44)62-8-6-5-7-9-63-35-15-31(49-39(59)65-21-41(45,46)47)29(13-33(35)61-4)37(57)51-17-27(67-23(2)55)11-25(51)19-53/h12-15,24-27,52-53H,5-11,16-21H2,1-4H3,(H,48,58)(H,49,59)/t24-,25-,26+,27+/m0/s1. The summed E-state index contributed by atoms with van der Waals surface area (Å²) in [5.41, 5.74) is -0.272. The van der Waals surface area contributed by atoms with Gasteiger partial charge in [0.05, 0.1) is 88.3 Å². The average molecular weight is 1070 g/mol. The van der Waals surface area contributed by atoms with Crippen molar-refractivity contribution in [2.24, 2.45) is 0 Å². The molecule has 2 saturated heterocycles. The summed E-state index contributed by atoms with van der Waals surface area (Å²) in [6.07, 6.45) is -1.63. The average Bonchev–Trinajstić information content (AvgIpc) is 3.86. The van der Waals surface area contributed by atoms with Gasteiger partial charge in [0, 0.05) is 38.8 Å². The zero-order valence-corrected chi connectivity index (χ0v) is 41.1. The minimum atomic E-state index is -1.93. The van der Waals surface area contributed by atoms with E-state index in [2.05, 4.69) is 10.6 Å². The second kappa shape index (κ2) is 25.4. The number of nitrogens with one attached hydrogen (secondary N) is 2. The van der Waals surface area contributed by atoms with Crippen LogP contribution in [0.4, 0.5) is 21.0 Å². The van der Waals surface area contributed by atoms with Gasteiger partial charge in [0.1, 0.15) is 25.4 Å². The molecule has 4 amide bonds. The zero-order chi connectivity index (χ0) is 49.6. The Balaban J connectivity index is 1.47. The van der Waals surface area contributed by atoms with Crippen molar-refractivity contribution in [3.05, 3.63) is 35.4 Å². The summed E-state index contributed by atoms with van der Waals surface area (Å²) in [5, 5.41) is 25.0. The van der Waals surface area contributed by atoms with Gasteiger partial charge in [-0.1, -0.05) is 69.6 Å². The van der Waals surface area contributed by atoms with Crippen molar-refractivity contribution >= 4 is 117 Å². The normalized spacial score (nSPS) is 18.1. The van der Waals surface area contributed by atoms with Crippen molar-refractivity contribution in [2.45, 2.75) is 77.8 Å². The van der Waals surface area contributed by atoms with Crippen LogP contribution in [0, 0.1) is 0 Å². The molecule has 0 aliphatic carbocycles. The lowest BCUT2D eigenvalue weighted by Gasteiger charge is -2.25. The number of aliphatic hydroxyl groups is 2. The predicted molar refractivity (Wildman–Crippen MR) is 246 cm³/mol. The molecular formula is C41H50Cl6N4O16. The monoisotopic (exact) mass is 1060 g/mol. The molecule has 0 unspecified atom stereocenters. The molecule has 0 aromatic heterocycles. The highest BCUT2D eigenvalue weighted by molar-refractivity contribution is 6.68. The molecule has 2 aliphatic rings. The Bertz CT molecular complexity index is 1950. The Morgan fingerprint density at radius 1 is 0.612 bits per heavy atom. The van der Waals surface area contributed by atoms with Gasteiger partial charge in [-0.15, -0.1) is 0 Å². The van der Waals surface area contributed by atoms with Crippen molar-refractivity contribution in [1.82, 2.24) is 9.80 Å². The Labute approximate surface area is 415 Å². The summed E-state index contributed by atoms with van der Waals surface area (Å²) in [6, 6.07) is 3.98. The lowest BCUT2D eigenvalue weighted by Crippen LogP contribution is -2.38. The first-order valence-corrected chi connectivity index (χ1v) is 22.7. The number of esters is 2. The lowest BCUT2D eigenvalue weighted by molar-refractivity contribution is -0.146. The minimum Gasteiger partial charge on any atom is -0.493 e. The van der Waals surface area contributed by atoms with Crippen LogP contribution in [0.15, 0.2) is 24.3 Å². The number of unbranched alkanes of at least 4 members (excludes halogenated alkanes) is 2. The van der Waals surface area contributed by atoms with Crippen molar-refractivity contribution in [3.8, 4) is 23.0 Å². The molecule has 4 atom stereocenters. The highest BCUT2D eigenvalue weighted by Gasteiger charge is 2.40. The molecule has 2 aromatic carbocycles. The van der Waals surface area contributed by atoms with Gasteiger partial charge in [0.25, 0.3) is 11.8 Å². The van der Waals surface area contributed by atoms with Crippen LogP contribution in [-0.4, -0.2) is 155 Å². The maximum Gasteiger partial charge on any atom is 0.411 e. The first-order chi connectivity index (χ1) is 31.6. The lowest BCUT2D eigenvalue weighted by atomic mass is 10.1. The van der Waals surface area contributed by atoms with Gasteiger partial charge in [-0.2, -0.15) is 0 Å². The summed E-state index contributed by atoms with van der Waals surface area (Å²) in [6.45, 7) is 0.569. The van der Waals surface area contributed by atoms with Crippen molar-refractivity contribution < 1.29 is 76.9 Å². The molecule has 0 spiro atoms. The Kier molecular flexibility index (Phi) is 20.9. The van der Waals surface area contributed by atoms with Gasteiger partial charge in [0.15, 0.2) is 23.0 Å². The molecule has 2 aliphatic heterocycles. The summed E-state index contributed by atoms with van der Waals surface area (Å²) in [4.78, 5) is 79.4. The van der Waals surface area contributed by atoms with Gasteiger partial charge >= 0.3 is 24.1 Å². The van der Waals surface area contributed by atoms with E-state index in [4.69, 9.17) is 108 Å². The molecular weight excluding hydrogens is 1020 g/mol. The van der Waals surface area contributed by atoms with Gasteiger partial charge in [-0.05, 0) is 31.4 Å². The summed E-state index contributed by atoms with van der Waals surface area (Å²) in [5.74, 6) is -1.85. The van der Waals surface area contributed by atoms with Crippen molar-refractivity contribution in [3.63, 3.8) is 0 Å². The number of likely N-dealkylation sites (tertiary alicyclic amines) is 2. The molecule has 67 heavy (non-hydrogen) atoms. The topological polar surface area (TPSA) is 247 Å². The molecule has 2 fully saturated rings. The molecule has 26 heteroatoms. The zero-order valence-electron chi connectivity index (χ0n) is 36.6. The number of halogens is 6. The number of amides is 4. The van der Waals surface area contributed by atoms with Crippen LogP contribution >= 0.6 is 69.6 Å². The highest BCUT2D eigenvalue weighted by Crippen LogP contribution is 2.38. The number of methoxy groups -OCH3 is 2. The maximum atomic E-state index is 14.0. The third kappa shape index (κ3) is 17.0. The molecule has 0 bridgehead atoms. The second-order valence-electron chi connectivity index (χ2n) is 15.0. The quantitative estimate of drug-likeness (QED) is 0.0482. The number of benzene rings is 2. The van der Waals surface area contributed by atoms with E-state index < -0.39 is 94.2 Å². The van der Waals surface area contributed by atoms with E-state index in [1.54, 1.807) is 0 Å². The van der Waals surface area contributed by atoms with E-state index in [0.717, 1.165) is 0 Å². The van der Waals surface area contributed by atoms with E-state index in [1.807, 2.05) is 0 Å². The molecule has 2 aromatic rings. The van der Waals surface area contributed by atoms with E-state index in [-0.39, 0.29) is 84.6 Å². The van der Waals surface area contributed by atoms with Crippen LogP contribution in [0.2, 0.25) is 0 Å². The van der Waals surface area contributed by atoms with E-state index in [9.17, 15) is 39.0 Å². The molecule has 20 nitrogen and oxygen atoms in total. The largest absolute Gasteiger partial charge is 0.493 e. The molecule has 372 valence electrons. The van der Waals surface area contributed by atoms with Gasteiger partial charge in [-0.25, -0.2) is 9.59 Å². The van der Waals surface area contributed by atoms with Gasteiger partial charge < -0.3 is 57.9 Å². The van der Waals surface area contributed by atoms with Crippen LogP contribution in [0.5, 0.6) is 23.0 Å². The first kappa shape index (κ1) is 55.3. The maximum absolute atomic E-state index is 14.0. The summed E-state index contributed by atoms with van der Waals surface area (Å²) < 4.78 is 39.9. The van der Waals surface area contributed by atoms with E-state index in [1.165, 1.54) is 62.1 Å². The van der Waals surface area contributed by atoms with Gasteiger partial charge in [-0.3, -0.25) is 29.8 Å². The number of carbonyl (C=O) groups is 6. The fourth-order valence-electron chi connectivity index (χ4n) is 7.10. The SMILES string of the molecule is COc1cc(C(=O)N2C[C@H](OC(C)=O)C[C@H]2CO)c(NC(=O)OCC(Cl)(Cl)Cl)cc1OCCCCCOc1cc(NC(=O)OCC(Cl)(Cl)Cl)c(C(=O)N2C[C@H](OC(C)=O)C[C@H]2CO)cc1OC. The van der Waals surface area contributed by atoms with Crippen molar-refractivity contribution in [2.75, 3.05) is 77.6 Å². The number of alkyl halides is 6. The van der Waals surface area contributed by atoms with Gasteiger partial charge in [0.2, 0.25) is 7.59 Å². The highest BCUT2D eigenvalue weighted by atomic mass is 35.6. The number of aliphatic hydroxyl groups excluding tert-OH is 2. The fourth-order valence-corrected chi connectivity index (χ4v) is 7.43. The molecule has 4 rings (SSSR count). The fraction of sp³-hybridized carbons (Fsp3) is 0.561. The third-order valence-electron chi connectivity index (χ3n) is 9.94. The third-order valence-corrected chi connectivity index (χ3v) is 10.6. The van der Waals surface area contributed by atoms with Crippen LogP contribution in [0.3, 0.4) is 0 Å². The number of rotatable bonds is 20. The van der Waals surface area contributed by atoms with Crippen LogP contribution in [0.25, 0.3) is 0 Å². The first-order valence-electron chi connectivity index (χ1n) is 20.4. The van der Waals surface area contributed by atoms with Crippen LogP contribution < -0.4 is 29.6 Å². The second-order valence-corrected chi connectivity index (χ2v) is 20.0. The number of ether oxygens (including phenoxy) is 8. The molecule has 2 heterocycles. The minimum absolute atomic E-state index is 0.0275. The van der Waals surface area contributed by atoms with E-state index >= 15 is 0 Å². The molecule has 0 saturated carbocycles. The van der Waals surface area contributed by atoms with Crippen LogP contribution in [-0.2, 0) is 28.5 Å². The molecule has 0 radical (unpaired) electrons.